The van der Waals surface area contributed by atoms with Crippen molar-refractivity contribution in [2.75, 3.05) is 19.6 Å². The number of rotatable bonds is 1. The van der Waals surface area contributed by atoms with Crippen molar-refractivity contribution in [3.8, 4) is 0 Å². The number of hydrogen-bond donors (Lipinski definition) is 1. The van der Waals surface area contributed by atoms with Gasteiger partial charge in [0.1, 0.15) is 11.6 Å². The number of carbonyl (C=O) groups is 2. The van der Waals surface area contributed by atoms with Gasteiger partial charge in [0, 0.05) is 13.1 Å². The van der Waals surface area contributed by atoms with Gasteiger partial charge in [0.2, 0.25) is 5.91 Å². The van der Waals surface area contributed by atoms with Crippen molar-refractivity contribution >= 4 is 23.4 Å². The molecule has 96 valence electrons. The van der Waals surface area contributed by atoms with Crippen molar-refractivity contribution in [2.24, 2.45) is 0 Å². The van der Waals surface area contributed by atoms with Crippen LogP contribution in [0.25, 0.3) is 0 Å². The van der Waals surface area contributed by atoms with Gasteiger partial charge < -0.3 is 10.2 Å². The van der Waals surface area contributed by atoms with Gasteiger partial charge in [-0.1, -0.05) is 11.6 Å². The Labute approximate surface area is 107 Å². The molecule has 7 heteroatoms. The molecule has 1 N–H and O–H groups in total. The summed E-state index contributed by atoms with van der Waals surface area (Å²) in [5.74, 6) is -2.83. The molecule has 0 unspecified atom stereocenters. The number of hydrogen-bond acceptors (Lipinski definition) is 2. The van der Waals surface area contributed by atoms with Crippen LogP contribution in [0.3, 0.4) is 0 Å². The Morgan fingerprint density at radius 3 is 2.72 bits per heavy atom. The number of carbonyl (C=O) groups excluding carboxylic acids is 2. The fourth-order valence-electron chi connectivity index (χ4n) is 1.67. The van der Waals surface area contributed by atoms with Gasteiger partial charge in [-0.25, -0.2) is 8.78 Å². The number of piperazine rings is 1. The molecule has 0 atom stereocenters. The molecular formula is C11H9ClF2N2O2. The lowest BCUT2D eigenvalue weighted by atomic mass is 10.1. The Hall–Kier alpha value is -1.69. The number of benzene rings is 1. The summed E-state index contributed by atoms with van der Waals surface area (Å²) in [4.78, 5) is 24.2. The Balaban J connectivity index is 2.28. The molecule has 1 fully saturated rings. The number of nitrogens with zero attached hydrogens (tertiary/aromatic N) is 1. The van der Waals surface area contributed by atoms with Crippen molar-refractivity contribution in [1.82, 2.24) is 10.2 Å². The first kappa shape index (κ1) is 12.8. The average Bonchev–Trinajstić information content (AvgIpc) is 2.33. The van der Waals surface area contributed by atoms with Gasteiger partial charge in [-0.3, -0.25) is 9.59 Å². The fraction of sp³-hybridized carbons (Fsp3) is 0.273. The van der Waals surface area contributed by atoms with E-state index in [4.69, 9.17) is 11.6 Å². The van der Waals surface area contributed by atoms with Crippen LogP contribution in [0.5, 0.6) is 0 Å². The predicted molar refractivity (Wildman–Crippen MR) is 60.3 cm³/mol. The van der Waals surface area contributed by atoms with Gasteiger partial charge in [-0.15, -0.1) is 0 Å². The molecule has 0 bridgehead atoms. The van der Waals surface area contributed by atoms with E-state index in [0.717, 1.165) is 17.0 Å². The first-order valence-corrected chi connectivity index (χ1v) is 5.57. The van der Waals surface area contributed by atoms with Gasteiger partial charge in [-0.05, 0) is 12.1 Å². The maximum absolute atomic E-state index is 13.5. The molecule has 1 aromatic carbocycles. The summed E-state index contributed by atoms with van der Waals surface area (Å²) in [5, 5.41) is 2.14. The Morgan fingerprint density at radius 1 is 1.33 bits per heavy atom. The van der Waals surface area contributed by atoms with Crippen LogP contribution in [0, 0.1) is 11.6 Å². The van der Waals surface area contributed by atoms with Crippen LogP contribution in [-0.2, 0) is 4.79 Å². The number of halogens is 3. The lowest BCUT2D eigenvalue weighted by molar-refractivity contribution is -0.123. The van der Waals surface area contributed by atoms with Crippen LogP contribution in [0.1, 0.15) is 10.4 Å². The zero-order chi connectivity index (χ0) is 13.3. The summed E-state index contributed by atoms with van der Waals surface area (Å²) < 4.78 is 26.7. The van der Waals surface area contributed by atoms with Crippen LogP contribution in [0.15, 0.2) is 12.1 Å². The quantitative estimate of drug-likeness (QED) is 0.782. The molecule has 2 rings (SSSR count). The highest BCUT2D eigenvalue weighted by atomic mass is 35.5. The smallest absolute Gasteiger partial charge is 0.257 e. The Morgan fingerprint density at radius 2 is 2.06 bits per heavy atom. The summed E-state index contributed by atoms with van der Waals surface area (Å²) >= 11 is 5.40. The van der Waals surface area contributed by atoms with Gasteiger partial charge in [0.25, 0.3) is 5.91 Å². The van der Waals surface area contributed by atoms with Crippen molar-refractivity contribution < 1.29 is 18.4 Å². The predicted octanol–water partition coefficient (Wildman–Crippen LogP) is 1.19. The molecule has 1 aliphatic heterocycles. The van der Waals surface area contributed by atoms with E-state index in [1.807, 2.05) is 0 Å². The molecule has 2 amide bonds. The van der Waals surface area contributed by atoms with E-state index in [9.17, 15) is 18.4 Å². The molecule has 0 saturated carbocycles. The van der Waals surface area contributed by atoms with E-state index in [-0.39, 0.29) is 24.0 Å². The lowest BCUT2D eigenvalue weighted by Gasteiger charge is -2.26. The van der Waals surface area contributed by atoms with Gasteiger partial charge in [0.15, 0.2) is 0 Å². The third-order valence-corrected chi connectivity index (χ3v) is 2.86. The molecule has 1 heterocycles. The van der Waals surface area contributed by atoms with E-state index in [2.05, 4.69) is 5.32 Å². The van der Waals surface area contributed by atoms with Crippen LogP contribution < -0.4 is 5.32 Å². The third-order valence-electron chi connectivity index (χ3n) is 2.57. The highest BCUT2D eigenvalue weighted by Gasteiger charge is 2.25. The molecule has 1 aromatic rings. The highest BCUT2D eigenvalue weighted by molar-refractivity contribution is 6.30. The largest absolute Gasteiger partial charge is 0.353 e. The molecular weight excluding hydrogens is 266 g/mol. The van der Waals surface area contributed by atoms with Crippen molar-refractivity contribution in [3.63, 3.8) is 0 Å². The molecule has 18 heavy (non-hydrogen) atoms. The van der Waals surface area contributed by atoms with Crippen LogP contribution in [0.4, 0.5) is 8.78 Å². The minimum atomic E-state index is -0.905. The van der Waals surface area contributed by atoms with Crippen LogP contribution in [-0.4, -0.2) is 36.3 Å². The van der Waals surface area contributed by atoms with Gasteiger partial charge >= 0.3 is 0 Å². The molecule has 0 radical (unpaired) electrons. The SMILES string of the molecule is O=C1CN(C(=O)c2cc(F)c(Cl)cc2F)CCN1. The Kier molecular flexibility index (Phi) is 3.47. The topological polar surface area (TPSA) is 49.4 Å². The van der Waals surface area contributed by atoms with E-state index in [1.165, 1.54) is 0 Å². The lowest BCUT2D eigenvalue weighted by Crippen LogP contribution is -2.50. The van der Waals surface area contributed by atoms with Crippen LogP contribution >= 0.6 is 11.6 Å². The number of nitrogens with one attached hydrogen (secondary N) is 1. The second kappa shape index (κ2) is 4.89. The Bertz CT molecular complexity index is 522. The second-order valence-electron chi connectivity index (χ2n) is 3.82. The zero-order valence-corrected chi connectivity index (χ0v) is 9.93. The molecule has 0 aromatic heterocycles. The van der Waals surface area contributed by atoms with Gasteiger partial charge in [0.05, 0.1) is 17.1 Å². The molecule has 1 aliphatic rings. The summed E-state index contributed by atoms with van der Waals surface area (Å²) in [5.41, 5.74) is -0.424. The van der Waals surface area contributed by atoms with E-state index < -0.39 is 23.1 Å². The van der Waals surface area contributed by atoms with E-state index >= 15 is 0 Å². The maximum atomic E-state index is 13.5. The minimum absolute atomic E-state index is 0.164. The average molecular weight is 275 g/mol. The standard InChI is InChI=1S/C11H9ClF2N2O2/c12-7-4-8(13)6(3-9(7)14)11(18)16-2-1-15-10(17)5-16/h3-4H,1-2,5H2,(H,15,17). The maximum Gasteiger partial charge on any atom is 0.257 e. The highest BCUT2D eigenvalue weighted by Crippen LogP contribution is 2.20. The van der Waals surface area contributed by atoms with Crippen molar-refractivity contribution in [1.29, 1.82) is 0 Å². The van der Waals surface area contributed by atoms with E-state index in [0.29, 0.717) is 6.54 Å². The van der Waals surface area contributed by atoms with Crippen LogP contribution in [0.2, 0.25) is 5.02 Å². The normalized spacial score (nSPS) is 15.5. The first-order chi connectivity index (χ1) is 8.49. The van der Waals surface area contributed by atoms with Crippen molar-refractivity contribution in [2.45, 2.75) is 0 Å². The fourth-order valence-corrected chi connectivity index (χ4v) is 1.82. The molecule has 4 nitrogen and oxygen atoms in total. The van der Waals surface area contributed by atoms with Crippen molar-refractivity contribution in [3.05, 3.63) is 34.4 Å². The minimum Gasteiger partial charge on any atom is -0.353 e. The monoisotopic (exact) mass is 274 g/mol. The molecule has 0 spiro atoms. The first-order valence-electron chi connectivity index (χ1n) is 5.19. The molecule has 0 aliphatic carbocycles. The third kappa shape index (κ3) is 2.43. The van der Waals surface area contributed by atoms with E-state index in [1.54, 1.807) is 0 Å². The molecule has 1 saturated heterocycles. The zero-order valence-electron chi connectivity index (χ0n) is 9.17. The second-order valence-corrected chi connectivity index (χ2v) is 4.23. The summed E-state index contributed by atoms with van der Waals surface area (Å²) in [7, 11) is 0. The summed E-state index contributed by atoms with van der Waals surface area (Å²) in [6.45, 7) is 0.388. The summed E-state index contributed by atoms with van der Waals surface area (Å²) in [6, 6.07) is 1.49. The van der Waals surface area contributed by atoms with Gasteiger partial charge in [-0.2, -0.15) is 0 Å². The summed E-state index contributed by atoms with van der Waals surface area (Å²) in [6.07, 6.45) is 0. The number of amides is 2.